The van der Waals surface area contributed by atoms with Crippen molar-refractivity contribution in [1.82, 2.24) is 10.2 Å². The average Bonchev–Trinajstić information content (AvgIpc) is 3.25. The fourth-order valence-electron chi connectivity index (χ4n) is 2.52. The molecule has 0 spiro atoms. The number of amides is 3. The highest BCUT2D eigenvalue weighted by Gasteiger charge is 2.34. The molecule has 146 valence electrons. The van der Waals surface area contributed by atoms with Crippen molar-refractivity contribution in [1.29, 1.82) is 0 Å². The Bertz CT molecular complexity index is 971. The molecule has 0 unspecified atom stereocenters. The first-order chi connectivity index (χ1) is 13.4. The summed E-state index contributed by atoms with van der Waals surface area (Å²) in [5, 5.41) is 2.91. The molecule has 0 aliphatic carbocycles. The van der Waals surface area contributed by atoms with Gasteiger partial charge < -0.3 is 9.73 Å². The molecule has 1 aliphatic rings. The standard InChI is InChI=1S/C19H16Cl2N2O4S/c1-2-12-6-7-14(27-12)17(24)22-8-9-23-18(25)15(28-19(23)26)10-11-4-3-5-13(20)16(11)21/h3-7,10H,2,8-9H2,1H3,(H,22,24)/b15-10+. The average molecular weight is 439 g/mol. The van der Waals surface area contributed by atoms with Gasteiger partial charge in [-0.05, 0) is 41.6 Å². The molecule has 3 amide bonds. The number of nitrogens with zero attached hydrogens (tertiary/aromatic N) is 1. The smallest absolute Gasteiger partial charge is 0.293 e. The van der Waals surface area contributed by atoms with Crippen LogP contribution < -0.4 is 5.32 Å². The van der Waals surface area contributed by atoms with E-state index in [0.29, 0.717) is 27.8 Å². The van der Waals surface area contributed by atoms with Crippen molar-refractivity contribution in [2.24, 2.45) is 0 Å². The lowest BCUT2D eigenvalue weighted by molar-refractivity contribution is -0.122. The highest BCUT2D eigenvalue weighted by atomic mass is 35.5. The molecule has 3 rings (SSSR count). The maximum Gasteiger partial charge on any atom is 0.293 e. The minimum absolute atomic E-state index is 0.0539. The fourth-order valence-corrected chi connectivity index (χ4v) is 3.74. The molecule has 1 aliphatic heterocycles. The Morgan fingerprint density at radius 2 is 2.04 bits per heavy atom. The molecule has 1 N–H and O–H groups in total. The number of carbonyl (C=O) groups excluding carboxylic acids is 3. The van der Waals surface area contributed by atoms with E-state index in [1.54, 1.807) is 30.3 Å². The van der Waals surface area contributed by atoms with Crippen LogP contribution in [0.3, 0.4) is 0 Å². The molecular weight excluding hydrogens is 423 g/mol. The van der Waals surface area contributed by atoms with Gasteiger partial charge in [-0.3, -0.25) is 19.3 Å². The minimum atomic E-state index is -0.438. The minimum Gasteiger partial charge on any atom is -0.456 e. The van der Waals surface area contributed by atoms with Crippen LogP contribution in [-0.4, -0.2) is 35.0 Å². The van der Waals surface area contributed by atoms with Gasteiger partial charge in [0.1, 0.15) is 5.76 Å². The predicted molar refractivity (Wildman–Crippen MR) is 110 cm³/mol. The van der Waals surface area contributed by atoms with Crippen LogP contribution in [0.2, 0.25) is 10.0 Å². The number of hydrogen-bond donors (Lipinski definition) is 1. The molecular formula is C19H16Cl2N2O4S. The van der Waals surface area contributed by atoms with Crippen LogP contribution in [0, 0.1) is 0 Å². The number of nitrogens with one attached hydrogen (secondary N) is 1. The topological polar surface area (TPSA) is 79.6 Å². The monoisotopic (exact) mass is 438 g/mol. The van der Waals surface area contributed by atoms with Crippen molar-refractivity contribution in [3.05, 3.63) is 62.4 Å². The third-order valence-corrected chi connectivity index (χ3v) is 5.74. The summed E-state index contributed by atoms with van der Waals surface area (Å²) in [6, 6.07) is 8.37. The highest BCUT2D eigenvalue weighted by Crippen LogP contribution is 2.34. The number of benzene rings is 1. The summed E-state index contributed by atoms with van der Waals surface area (Å²) < 4.78 is 5.37. The van der Waals surface area contributed by atoms with E-state index in [4.69, 9.17) is 27.6 Å². The van der Waals surface area contributed by atoms with Gasteiger partial charge in [0, 0.05) is 19.5 Å². The van der Waals surface area contributed by atoms with Crippen molar-refractivity contribution >= 4 is 58.1 Å². The van der Waals surface area contributed by atoms with Gasteiger partial charge in [0.2, 0.25) is 0 Å². The Balaban J connectivity index is 1.61. The zero-order valence-corrected chi connectivity index (χ0v) is 17.2. The summed E-state index contributed by atoms with van der Waals surface area (Å²) >= 11 is 12.9. The summed E-state index contributed by atoms with van der Waals surface area (Å²) in [5.41, 5.74) is 0.553. The second-order valence-electron chi connectivity index (χ2n) is 5.85. The van der Waals surface area contributed by atoms with Gasteiger partial charge in [0.25, 0.3) is 17.1 Å². The number of thioether (sulfide) groups is 1. The first-order valence-corrected chi connectivity index (χ1v) is 10.0. The van der Waals surface area contributed by atoms with E-state index in [1.807, 2.05) is 6.92 Å². The summed E-state index contributed by atoms with van der Waals surface area (Å²) in [4.78, 5) is 38.1. The van der Waals surface area contributed by atoms with Crippen LogP contribution in [0.25, 0.3) is 6.08 Å². The fraction of sp³-hybridized carbons (Fsp3) is 0.211. The number of furan rings is 1. The van der Waals surface area contributed by atoms with Gasteiger partial charge in [-0.15, -0.1) is 0 Å². The molecule has 0 saturated carbocycles. The summed E-state index contributed by atoms with van der Waals surface area (Å²) in [7, 11) is 0. The third kappa shape index (κ3) is 4.43. The van der Waals surface area contributed by atoms with Gasteiger partial charge in [0.05, 0.1) is 15.0 Å². The molecule has 1 aromatic heterocycles. The van der Waals surface area contributed by atoms with Gasteiger partial charge in [0.15, 0.2) is 5.76 Å². The van der Waals surface area contributed by atoms with Crippen molar-refractivity contribution in [2.75, 3.05) is 13.1 Å². The molecule has 0 bridgehead atoms. The van der Waals surface area contributed by atoms with Crippen LogP contribution in [-0.2, 0) is 11.2 Å². The van der Waals surface area contributed by atoms with Crippen molar-refractivity contribution in [2.45, 2.75) is 13.3 Å². The van der Waals surface area contributed by atoms with Crippen molar-refractivity contribution < 1.29 is 18.8 Å². The van der Waals surface area contributed by atoms with Crippen LogP contribution in [0.15, 0.2) is 39.7 Å². The lowest BCUT2D eigenvalue weighted by atomic mass is 10.2. The van der Waals surface area contributed by atoms with E-state index in [-0.39, 0.29) is 23.8 Å². The Kier molecular flexibility index (Phi) is 6.49. The molecule has 28 heavy (non-hydrogen) atoms. The number of rotatable bonds is 6. The molecule has 2 aromatic rings. The molecule has 9 heteroatoms. The van der Waals surface area contributed by atoms with Crippen LogP contribution in [0.5, 0.6) is 0 Å². The van der Waals surface area contributed by atoms with E-state index in [9.17, 15) is 14.4 Å². The molecule has 2 heterocycles. The molecule has 1 saturated heterocycles. The number of hydrogen-bond acceptors (Lipinski definition) is 5. The van der Waals surface area contributed by atoms with Gasteiger partial charge >= 0.3 is 0 Å². The Morgan fingerprint density at radius 1 is 1.25 bits per heavy atom. The normalized spacial score (nSPS) is 15.5. The third-order valence-electron chi connectivity index (χ3n) is 4.00. The van der Waals surface area contributed by atoms with Crippen LogP contribution in [0.4, 0.5) is 4.79 Å². The molecule has 6 nitrogen and oxygen atoms in total. The first-order valence-electron chi connectivity index (χ1n) is 8.47. The van der Waals surface area contributed by atoms with E-state index in [0.717, 1.165) is 16.7 Å². The number of halogens is 2. The van der Waals surface area contributed by atoms with E-state index in [1.165, 1.54) is 6.08 Å². The lowest BCUT2D eigenvalue weighted by Gasteiger charge is -2.12. The second kappa shape index (κ2) is 8.86. The van der Waals surface area contributed by atoms with Gasteiger partial charge in [-0.2, -0.15) is 0 Å². The molecule has 0 radical (unpaired) electrons. The van der Waals surface area contributed by atoms with E-state index in [2.05, 4.69) is 5.32 Å². The second-order valence-corrected chi connectivity index (χ2v) is 7.63. The quantitative estimate of drug-likeness (QED) is 0.665. The summed E-state index contributed by atoms with van der Waals surface area (Å²) in [6.07, 6.45) is 2.22. The zero-order chi connectivity index (χ0) is 20.3. The van der Waals surface area contributed by atoms with Crippen molar-refractivity contribution in [3.8, 4) is 0 Å². The molecule has 1 fully saturated rings. The van der Waals surface area contributed by atoms with Crippen LogP contribution >= 0.6 is 35.0 Å². The maximum absolute atomic E-state index is 12.5. The molecule has 0 atom stereocenters. The maximum atomic E-state index is 12.5. The Morgan fingerprint density at radius 3 is 2.75 bits per heavy atom. The van der Waals surface area contributed by atoms with E-state index < -0.39 is 17.1 Å². The Labute approximate surface area is 175 Å². The Hall–Kier alpha value is -2.22. The first kappa shape index (κ1) is 20.5. The van der Waals surface area contributed by atoms with Gasteiger partial charge in [-0.25, -0.2) is 0 Å². The van der Waals surface area contributed by atoms with Gasteiger partial charge in [-0.1, -0.05) is 42.3 Å². The predicted octanol–water partition coefficient (Wildman–Crippen LogP) is 4.62. The van der Waals surface area contributed by atoms with Crippen molar-refractivity contribution in [3.63, 3.8) is 0 Å². The van der Waals surface area contributed by atoms with Crippen LogP contribution in [0.1, 0.15) is 28.8 Å². The highest BCUT2D eigenvalue weighted by molar-refractivity contribution is 8.18. The molecule has 1 aromatic carbocycles. The summed E-state index contributed by atoms with van der Waals surface area (Å²) in [5.74, 6) is 0.0712. The largest absolute Gasteiger partial charge is 0.456 e. The number of aryl methyl sites for hydroxylation is 1. The number of imide groups is 1. The summed E-state index contributed by atoms with van der Waals surface area (Å²) in [6.45, 7) is 2.09. The van der Waals surface area contributed by atoms with E-state index >= 15 is 0 Å². The zero-order valence-electron chi connectivity index (χ0n) is 14.8. The number of carbonyl (C=O) groups is 3. The lowest BCUT2D eigenvalue weighted by Crippen LogP contribution is -2.37. The SMILES string of the molecule is CCc1ccc(C(=O)NCCN2C(=O)S/C(=C/c3cccc(Cl)c3Cl)C2=O)o1.